The number of aliphatic hydroxyl groups is 3. The summed E-state index contributed by atoms with van der Waals surface area (Å²) in [4.78, 5) is 109. The number of anilines is 3. The van der Waals surface area contributed by atoms with Gasteiger partial charge in [-0.2, -0.15) is 13.6 Å². The lowest BCUT2D eigenvalue weighted by molar-refractivity contribution is -0.745. The number of aromatic amines is 2. The maximum absolute atomic E-state index is 13.7. The number of nitrogen functional groups attached to an aromatic ring is 3. The van der Waals surface area contributed by atoms with Crippen LogP contribution < -0.4 is 38.2 Å². The lowest BCUT2D eigenvalue weighted by atomic mass is 9.93. The third kappa shape index (κ3) is 12.1. The van der Waals surface area contributed by atoms with Gasteiger partial charge in [0.2, 0.25) is 23.6 Å². The summed E-state index contributed by atoms with van der Waals surface area (Å²) < 4.78 is 111. The first-order valence-electron chi connectivity index (χ1n) is 23.1. The van der Waals surface area contributed by atoms with E-state index >= 15 is 0 Å². The summed E-state index contributed by atoms with van der Waals surface area (Å²) in [6.07, 6.45) is -13.6. The minimum atomic E-state index is -6.22. The van der Waals surface area contributed by atoms with Gasteiger partial charge in [-0.15, -0.1) is 0 Å². The Hall–Kier alpha value is -5.64. The first-order chi connectivity index (χ1) is 37.6. The average Bonchev–Trinajstić information content (AvgIpc) is 4.23. The Balaban J connectivity index is 0.876. The van der Waals surface area contributed by atoms with Crippen molar-refractivity contribution in [1.29, 1.82) is 0 Å². The number of aromatic nitrogens is 12. The lowest BCUT2D eigenvalue weighted by Crippen LogP contribution is -2.45. The van der Waals surface area contributed by atoms with Gasteiger partial charge in [-0.3, -0.25) is 56.1 Å². The monoisotopic (exact) mass is 1220 g/mol. The van der Waals surface area contributed by atoms with Crippen molar-refractivity contribution >= 4 is 88.4 Å². The van der Waals surface area contributed by atoms with E-state index in [-0.39, 0.29) is 64.0 Å². The first-order valence-corrected chi connectivity index (χ1v) is 29.1. The van der Waals surface area contributed by atoms with E-state index in [0.29, 0.717) is 0 Å². The van der Waals surface area contributed by atoms with Crippen molar-refractivity contribution in [2.75, 3.05) is 51.2 Å². The Bertz CT molecular complexity index is 3640. The zero-order chi connectivity index (χ0) is 58.0. The van der Waals surface area contributed by atoms with Gasteiger partial charge in [-0.1, -0.05) is 4.98 Å². The van der Waals surface area contributed by atoms with Gasteiger partial charge in [0, 0.05) is 26.5 Å². The summed E-state index contributed by atoms with van der Waals surface area (Å²) in [5, 5.41) is 35.7. The molecular weight excluding hydrogens is 1160 g/mol. The number of rotatable bonds is 22. The van der Waals surface area contributed by atoms with Gasteiger partial charge in [0.25, 0.3) is 17.1 Å². The average molecular weight is 1220 g/mol. The molecule has 0 spiro atoms. The molecule has 3 saturated heterocycles. The number of fused-ring (bicyclic) bond motifs is 3. The van der Waals surface area contributed by atoms with E-state index in [1.54, 1.807) is 0 Å². The van der Waals surface area contributed by atoms with Gasteiger partial charge in [-0.05, 0) is 6.42 Å². The molecule has 40 nitrogen and oxygen atoms in total. The standard InChI is InChI=1S/C36H50N16O24P4/c1-40-17(53)5-4-13-14(71-32(21(13)54)52-12-49(2)20-29(52)46-36(39)48-31(20)58)6-69-78(61,62)75-80(65,66)76-79(63,64)70-8-16-24(25(67-3)34(73-16)50-10-43-18-26(37)41-9-42-27(18)50)74-77(59,60)68-7-15-22(55)23(56)33(72-15)51-11-44-19-28(51)45-35(38)47-30(19)57/h9-16,21-25,32-34,54-56H,4-8H2,1-3H3,(H12-,37,38,39,40,41,42,45,46,47,48,53,57,58,59,60,61,62,63,64,65,66)/p+1/t13-,14-,15-,16?,21-,22-,23-,24-,25-,32?,33-,34-/m1/s1. The summed E-state index contributed by atoms with van der Waals surface area (Å²) >= 11 is 0. The van der Waals surface area contributed by atoms with Crippen molar-refractivity contribution in [2.24, 2.45) is 13.0 Å². The van der Waals surface area contributed by atoms with Crippen LogP contribution in [-0.4, -0.2) is 177 Å². The maximum Gasteiger partial charge on any atom is 0.490 e. The van der Waals surface area contributed by atoms with E-state index in [2.05, 4.69) is 53.8 Å². The summed E-state index contributed by atoms with van der Waals surface area (Å²) in [6, 6.07) is 0. The highest BCUT2D eigenvalue weighted by molar-refractivity contribution is 7.66. The molecule has 0 aliphatic carbocycles. The third-order valence-electron chi connectivity index (χ3n) is 12.7. The Kier molecular flexibility index (Phi) is 16.7. The Morgan fingerprint density at radius 2 is 1.34 bits per heavy atom. The van der Waals surface area contributed by atoms with E-state index in [1.165, 1.54) is 34.1 Å². The maximum atomic E-state index is 13.7. The largest absolute Gasteiger partial charge is 0.490 e. The van der Waals surface area contributed by atoms with Crippen LogP contribution in [0.25, 0.3) is 33.5 Å². The SMILES string of the molecule is CNC(=O)CC[C@@H]1[C@@H](COP(=O)(O)OP(=O)(O)OP(=O)(O)OCC2O[C@@H](n3cnc4c(N)ncnc43)[C@H](OC)[C@@H]2OP(=O)(O)OC[C@H]2O[C@@H](n3cnc4c(=O)[nH]c(N)nc43)[C@H](O)[C@@H]2O)OC([n+]2cn(C)c3c(=O)[nH]c(N)nc32)[C@@H]1O. The molecule has 3 aliphatic rings. The highest BCUT2D eigenvalue weighted by atomic mass is 31.3. The molecule has 0 saturated carbocycles. The molecule has 16 atom stereocenters. The van der Waals surface area contributed by atoms with E-state index in [1.807, 2.05) is 0 Å². The molecule has 6 aromatic rings. The Labute approximate surface area is 445 Å². The molecule has 0 aromatic carbocycles. The highest BCUT2D eigenvalue weighted by Gasteiger charge is 2.54. The number of hydrogen-bond donors (Lipinski definition) is 13. The molecule has 0 bridgehead atoms. The number of aryl methyl sites for hydroxylation is 1. The zero-order valence-electron chi connectivity index (χ0n) is 41.3. The van der Waals surface area contributed by atoms with Crippen LogP contribution in [0, 0.1) is 5.92 Å². The van der Waals surface area contributed by atoms with Crippen LogP contribution >= 0.6 is 31.3 Å². The summed E-state index contributed by atoms with van der Waals surface area (Å²) in [7, 11) is -19.6. The topological polar surface area (TPSA) is 571 Å². The van der Waals surface area contributed by atoms with Gasteiger partial charge < -0.3 is 76.4 Å². The van der Waals surface area contributed by atoms with Crippen LogP contribution in [0.5, 0.6) is 0 Å². The first kappa shape index (κ1) is 59.0. The van der Waals surface area contributed by atoms with Crippen LogP contribution in [0.3, 0.4) is 0 Å². The molecule has 3 aliphatic heterocycles. The molecule has 3 fully saturated rings. The molecule has 438 valence electrons. The van der Waals surface area contributed by atoms with Crippen LogP contribution in [-0.2, 0) is 75.8 Å². The van der Waals surface area contributed by atoms with Crippen LogP contribution in [0.15, 0.2) is 34.9 Å². The number of phosphoric ester groups is 3. The number of phosphoric acid groups is 4. The van der Waals surface area contributed by atoms with E-state index < -0.39 is 142 Å². The molecule has 6 unspecified atom stereocenters. The van der Waals surface area contributed by atoms with E-state index in [4.69, 9.17) is 54.2 Å². The number of carbonyl (C=O) groups is 1. The Morgan fingerprint density at radius 1 is 0.738 bits per heavy atom. The number of ether oxygens (including phenoxy) is 4. The molecular formula is C36H51N16O24P4+. The highest BCUT2D eigenvalue weighted by Crippen LogP contribution is 2.68. The normalized spacial score (nSPS) is 29.2. The Morgan fingerprint density at radius 3 is 2.01 bits per heavy atom. The van der Waals surface area contributed by atoms with Gasteiger partial charge in [0.15, 0.2) is 41.4 Å². The molecule has 9 rings (SSSR count). The number of H-pyrrole nitrogens is 2. The van der Waals surface area contributed by atoms with Gasteiger partial charge >= 0.3 is 36.9 Å². The number of amides is 1. The number of imidazole rings is 3. The van der Waals surface area contributed by atoms with Gasteiger partial charge in [0.05, 0.1) is 45.6 Å². The number of aliphatic hydroxyl groups excluding tert-OH is 3. The molecule has 1 amide bonds. The van der Waals surface area contributed by atoms with Crippen molar-refractivity contribution < 1.29 is 108 Å². The fraction of sp³-hybridized carbons (Fsp3) is 0.556. The second-order valence-electron chi connectivity index (χ2n) is 17.9. The third-order valence-corrected chi connectivity index (χ3v) is 18.0. The lowest BCUT2D eigenvalue weighted by Gasteiger charge is -2.26. The molecule has 16 N–H and O–H groups in total. The van der Waals surface area contributed by atoms with Crippen molar-refractivity contribution in [3.63, 3.8) is 0 Å². The van der Waals surface area contributed by atoms with Crippen molar-refractivity contribution in [3.05, 3.63) is 46.0 Å². The predicted octanol–water partition coefficient (Wildman–Crippen LogP) is -3.93. The van der Waals surface area contributed by atoms with E-state index in [0.717, 1.165) is 30.7 Å². The van der Waals surface area contributed by atoms with Crippen molar-refractivity contribution in [3.8, 4) is 0 Å². The number of nitrogens with one attached hydrogen (secondary N) is 3. The number of hydrogen-bond acceptors (Lipinski definition) is 29. The predicted molar refractivity (Wildman–Crippen MR) is 260 cm³/mol. The van der Waals surface area contributed by atoms with Gasteiger partial charge in [-0.25, -0.2) is 42.8 Å². The molecule has 80 heavy (non-hydrogen) atoms. The molecule has 6 aromatic heterocycles. The number of nitrogens with zero attached hydrogens (tertiary/aromatic N) is 10. The van der Waals surface area contributed by atoms with Gasteiger partial charge in [0.1, 0.15) is 54.6 Å². The summed E-state index contributed by atoms with van der Waals surface area (Å²) in [5.41, 5.74) is 15.6. The minimum Gasteiger partial charge on any atom is -0.387 e. The molecule has 9 heterocycles. The number of carbonyl (C=O) groups excluding carboxylic acids is 1. The number of nitrogens with two attached hydrogens (primary N) is 3. The molecule has 0 radical (unpaired) electrons. The second-order valence-corrected chi connectivity index (χ2v) is 23.9. The zero-order valence-corrected chi connectivity index (χ0v) is 44.9. The quantitative estimate of drug-likeness (QED) is 0.0228. The van der Waals surface area contributed by atoms with Crippen LogP contribution in [0.2, 0.25) is 0 Å². The van der Waals surface area contributed by atoms with Crippen LogP contribution in [0.4, 0.5) is 17.7 Å². The summed E-state index contributed by atoms with van der Waals surface area (Å²) in [5.74, 6) is -2.26. The van der Waals surface area contributed by atoms with Crippen molar-refractivity contribution in [1.82, 2.24) is 58.9 Å². The van der Waals surface area contributed by atoms with E-state index in [9.17, 15) is 67.5 Å². The fourth-order valence-corrected chi connectivity index (χ4v) is 13.6. The number of methoxy groups -OCH3 is 1. The smallest absolute Gasteiger partial charge is 0.387 e. The summed E-state index contributed by atoms with van der Waals surface area (Å²) in [6.45, 7) is -3.27. The fourth-order valence-electron chi connectivity index (χ4n) is 9.16. The molecule has 44 heteroatoms. The van der Waals surface area contributed by atoms with Crippen LogP contribution in [0.1, 0.15) is 31.5 Å². The van der Waals surface area contributed by atoms with Crippen molar-refractivity contribution in [2.45, 2.75) is 80.4 Å². The minimum absolute atomic E-state index is 0.00588. The second kappa shape index (κ2) is 22.6.